The third-order valence-electron chi connectivity index (χ3n) is 3.17. The molecule has 0 unspecified atom stereocenters. The average Bonchev–Trinajstić information content (AvgIpc) is 2.92. The molecule has 0 aliphatic carbocycles. The SMILES string of the molecule is CNCc1c(-c2ccc3oc(C)nc3c2)ncn1C. The van der Waals surface area contributed by atoms with Crippen LogP contribution in [0.3, 0.4) is 0 Å². The van der Waals surface area contributed by atoms with Crippen LogP contribution in [-0.2, 0) is 13.6 Å². The Morgan fingerprint density at radius 3 is 3.00 bits per heavy atom. The molecule has 3 aromatic rings. The molecule has 98 valence electrons. The van der Waals surface area contributed by atoms with Gasteiger partial charge in [0.25, 0.3) is 0 Å². The molecule has 0 aliphatic heterocycles. The van der Waals surface area contributed by atoms with Crippen molar-refractivity contribution in [3.63, 3.8) is 0 Å². The highest BCUT2D eigenvalue weighted by Crippen LogP contribution is 2.26. The lowest BCUT2D eigenvalue weighted by molar-refractivity contribution is 0.561. The molecular formula is C14H16N4O. The molecule has 2 heterocycles. The van der Waals surface area contributed by atoms with E-state index in [0.717, 1.165) is 34.6 Å². The number of hydrogen-bond donors (Lipinski definition) is 1. The van der Waals surface area contributed by atoms with Gasteiger partial charge in [-0.1, -0.05) is 0 Å². The summed E-state index contributed by atoms with van der Waals surface area (Å²) in [7, 11) is 3.93. The summed E-state index contributed by atoms with van der Waals surface area (Å²) in [6.07, 6.45) is 1.83. The molecule has 1 N–H and O–H groups in total. The van der Waals surface area contributed by atoms with Crippen molar-refractivity contribution in [2.75, 3.05) is 7.05 Å². The van der Waals surface area contributed by atoms with Gasteiger partial charge in [0, 0.05) is 26.1 Å². The lowest BCUT2D eigenvalue weighted by atomic mass is 10.1. The van der Waals surface area contributed by atoms with Crippen LogP contribution in [0.4, 0.5) is 0 Å². The summed E-state index contributed by atoms with van der Waals surface area (Å²) in [4.78, 5) is 8.85. The summed E-state index contributed by atoms with van der Waals surface area (Å²) < 4.78 is 7.52. The van der Waals surface area contributed by atoms with Gasteiger partial charge in [-0.15, -0.1) is 0 Å². The highest BCUT2D eigenvalue weighted by molar-refractivity contribution is 5.80. The van der Waals surface area contributed by atoms with Gasteiger partial charge in [-0.25, -0.2) is 9.97 Å². The van der Waals surface area contributed by atoms with Crippen molar-refractivity contribution in [1.82, 2.24) is 19.9 Å². The summed E-state index contributed by atoms with van der Waals surface area (Å²) in [5.41, 5.74) is 4.89. The van der Waals surface area contributed by atoms with Gasteiger partial charge >= 0.3 is 0 Å². The second-order valence-electron chi connectivity index (χ2n) is 4.60. The first-order valence-electron chi connectivity index (χ1n) is 6.21. The first-order chi connectivity index (χ1) is 9.19. The van der Waals surface area contributed by atoms with Crippen molar-refractivity contribution in [3.05, 3.63) is 36.1 Å². The first-order valence-corrected chi connectivity index (χ1v) is 6.21. The van der Waals surface area contributed by atoms with Crippen LogP contribution in [0.15, 0.2) is 28.9 Å². The summed E-state index contributed by atoms with van der Waals surface area (Å²) in [5.74, 6) is 0.684. The zero-order valence-corrected chi connectivity index (χ0v) is 11.3. The zero-order valence-electron chi connectivity index (χ0n) is 11.3. The Kier molecular flexibility index (Phi) is 2.83. The van der Waals surface area contributed by atoms with E-state index in [-0.39, 0.29) is 0 Å². The molecule has 0 atom stereocenters. The fourth-order valence-corrected chi connectivity index (χ4v) is 2.26. The smallest absolute Gasteiger partial charge is 0.192 e. The van der Waals surface area contributed by atoms with Crippen LogP contribution in [0.1, 0.15) is 11.6 Å². The first kappa shape index (κ1) is 11.9. The Morgan fingerprint density at radius 2 is 2.21 bits per heavy atom. The molecular weight excluding hydrogens is 240 g/mol. The summed E-state index contributed by atoms with van der Waals surface area (Å²) in [6.45, 7) is 2.63. The van der Waals surface area contributed by atoms with Crippen molar-refractivity contribution < 1.29 is 4.42 Å². The van der Waals surface area contributed by atoms with Gasteiger partial charge in [0.2, 0.25) is 0 Å². The Morgan fingerprint density at radius 1 is 1.37 bits per heavy atom. The molecule has 0 fully saturated rings. The monoisotopic (exact) mass is 256 g/mol. The predicted molar refractivity (Wildman–Crippen MR) is 73.7 cm³/mol. The van der Waals surface area contributed by atoms with Crippen molar-refractivity contribution >= 4 is 11.1 Å². The number of aryl methyl sites for hydroxylation is 2. The van der Waals surface area contributed by atoms with Gasteiger partial charge < -0.3 is 14.3 Å². The Bertz CT molecular complexity index is 726. The zero-order chi connectivity index (χ0) is 13.4. The topological polar surface area (TPSA) is 55.9 Å². The second kappa shape index (κ2) is 4.51. The van der Waals surface area contributed by atoms with Crippen molar-refractivity contribution in [2.45, 2.75) is 13.5 Å². The van der Waals surface area contributed by atoms with Crippen LogP contribution in [0, 0.1) is 6.92 Å². The van der Waals surface area contributed by atoms with Gasteiger partial charge in [0.15, 0.2) is 11.5 Å². The number of oxazole rings is 1. The lowest BCUT2D eigenvalue weighted by Crippen LogP contribution is -2.09. The minimum atomic E-state index is 0.684. The molecule has 0 saturated heterocycles. The van der Waals surface area contributed by atoms with E-state index in [1.54, 1.807) is 0 Å². The van der Waals surface area contributed by atoms with Gasteiger partial charge in [0.05, 0.1) is 17.7 Å². The molecule has 0 aliphatic rings. The fourth-order valence-electron chi connectivity index (χ4n) is 2.26. The highest BCUT2D eigenvalue weighted by Gasteiger charge is 2.12. The molecule has 2 aromatic heterocycles. The van der Waals surface area contributed by atoms with Crippen LogP contribution in [0.25, 0.3) is 22.4 Å². The van der Waals surface area contributed by atoms with Gasteiger partial charge in [-0.3, -0.25) is 0 Å². The minimum absolute atomic E-state index is 0.684. The van der Waals surface area contributed by atoms with E-state index in [4.69, 9.17) is 4.42 Å². The number of nitrogens with zero attached hydrogens (tertiary/aromatic N) is 3. The van der Waals surface area contributed by atoms with E-state index in [1.807, 2.05) is 50.1 Å². The molecule has 0 amide bonds. The molecule has 5 nitrogen and oxygen atoms in total. The standard InChI is InChI=1S/C14H16N4O/c1-9-17-11-6-10(4-5-13(11)19-9)14-12(7-15-2)18(3)8-16-14/h4-6,8,15H,7H2,1-3H3. The lowest BCUT2D eigenvalue weighted by Gasteiger charge is -2.05. The molecule has 0 radical (unpaired) electrons. The molecule has 1 aromatic carbocycles. The van der Waals surface area contributed by atoms with Crippen LogP contribution < -0.4 is 5.32 Å². The van der Waals surface area contributed by atoms with E-state index < -0.39 is 0 Å². The largest absolute Gasteiger partial charge is 0.441 e. The van der Waals surface area contributed by atoms with Gasteiger partial charge in [-0.2, -0.15) is 0 Å². The maximum atomic E-state index is 5.49. The van der Waals surface area contributed by atoms with E-state index in [2.05, 4.69) is 15.3 Å². The van der Waals surface area contributed by atoms with E-state index in [9.17, 15) is 0 Å². The number of benzene rings is 1. The van der Waals surface area contributed by atoms with Crippen molar-refractivity contribution in [1.29, 1.82) is 0 Å². The molecule has 0 bridgehead atoms. The Labute approximate surface area is 111 Å². The van der Waals surface area contributed by atoms with Crippen LogP contribution in [0.2, 0.25) is 0 Å². The fraction of sp³-hybridized carbons (Fsp3) is 0.286. The third kappa shape index (κ3) is 2.02. The maximum Gasteiger partial charge on any atom is 0.192 e. The predicted octanol–water partition coefficient (Wildman–Crippen LogP) is 2.26. The average molecular weight is 256 g/mol. The molecule has 0 spiro atoms. The highest BCUT2D eigenvalue weighted by atomic mass is 16.3. The number of hydrogen-bond acceptors (Lipinski definition) is 4. The number of nitrogens with one attached hydrogen (secondary N) is 1. The van der Waals surface area contributed by atoms with Crippen LogP contribution in [-0.4, -0.2) is 21.6 Å². The van der Waals surface area contributed by atoms with Crippen molar-refractivity contribution in [2.24, 2.45) is 7.05 Å². The number of imidazole rings is 1. The van der Waals surface area contributed by atoms with Gasteiger partial charge in [-0.05, 0) is 25.2 Å². The quantitative estimate of drug-likeness (QED) is 0.781. The van der Waals surface area contributed by atoms with E-state index in [1.165, 1.54) is 0 Å². The summed E-state index contributed by atoms with van der Waals surface area (Å²) >= 11 is 0. The Hall–Kier alpha value is -2.14. The maximum absolute atomic E-state index is 5.49. The molecule has 19 heavy (non-hydrogen) atoms. The Balaban J connectivity index is 2.13. The number of aromatic nitrogens is 3. The minimum Gasteiger partial charge on any atom is -0.441 e. The number of fused-ring (bicyclic) bond motifs is 1. The normalized spacial score (nSPS) is 11.3. The third-order valence-corrected chi connectivity index (χ3v) is 3.17. The van der Waals surface area contributed by atoms with E-state index in [0.29, 0.717) is 5.89 Å². The van der Waals surface area contributed by atoms with Crippen LogP contribution in [0.5, 0.6) is 0 Å². The molecule has 3 rings (SSSR count). The van der Waals surface area contributed by atoms with Crippen LogP contribution >= 0.6 is 0 Å². The van der Waals surface area contributed by atoms with Crippen molar-refractivity contribution in [3.8, 4) is 11.3 Å². The van der Waals surface area contributed by atoms with Gasteiger partial charge in [0.1, 0.15) is 5.52 Å². The van der Waals surface area contributed by atoms with E-state index >= 15 is 0 Å². The molecule has 5 heteroatoms. The number of rotatable bonds is 3. The second-order valence-corrected chi connectivity index (χ2v) is 4.60. The molecule has 0 saturated carbocycles. The summed E-state index contributed by atoms with van der Waals surface area (Å²) in [6, 6.07) is 5.99. The summed E-state index contributed by atoms with van der Waals surface area (Å²) in [5, 5.41) is 3.17.